The summed E-state index contributed by atoms with van der Waals surface area (Å²) >= 11 is 0. The fourth-order valence-corrected chi connectivity index (χ4v) is 3.85. The Balaban J connectivity index is 1.88. The molecular formula is C16H20O2. The molecule has 3 saturated carbocycles. The lowest BCUT2D eigenvalue weighted by molar-refractivity contribution is -0.156. The zero-order valence-electron chi connectivity index (χ0n) is 10.9. The Morgan fingerprint density at radius 1 is 1.00 bits per heavy atom. The van der Waals surface area contributed by atoms with Gasteiger partial charge in [0.1, 0.15) is 0 Å². The highest BCUT2D eigenvalue weighted by molar-refractivity contribution is 5.75. The van der Waals surface area contributed by atoms with Crippen molar-refractivity contribution < 1.29 is 9.90 Å². The lowest BCUT2D eigenvalue weighted by Crippen LogP contribution is -2.47. The summed E-state index contributed by atoms with van der Waals surface area (Å²) < 4.78 is 0. The number of fused-ring (bicyclic) bond motifs is 3. The van der Waals surface area contributed by atoms with Crippen LogP contribution < -0.4 is 0 Å². The van der Waals surface area contributed by atoms with Crippen molar-refractivity contribution >= 4 is 5.97 Å². The van der Waals surface area contributed by atoms with Crippen LogP contribution in [-0.4, -0.2) is 11.1 Å². The predicted octanol–water partition coefficient (Wildman–Crippen LogP) is 3.67. The predicted molar refractivity (Wildman–Crippen MR) is 70.6 cm³/mol. The highest BCUT2D eigenvalue weighted by atomic mass is 16.4. The van der Waals surface area contributed by atoms with Crippen LogP contribution >= 0.6 is 0 Å². The van der Waals surface area contributed by atoms with Crippen molar-refractivity contribution in [1.29, 1.82) is 0 Å². The fraction of sp³-hybridized carbons (Fsp3) is 0.562. The van der Waals surface area contributed by atoms with Crippen LogP contribution in [0.25, 0.3) is 0 Å². The van der Waals surface area contributed by atoms with E-state index in [1.54, 1.807) is 0 Å². The van der Waals surface area contributed by atoms with E-state index < -0.39 is 11.4 Å². The molecule has 3 aliphatic carbocycles. The number of carboxylic acids is 1. The Bertz CT molecular complexity index is 448. The lowest BCUT2D eigenvalue weighted by atomic mass is 9.52. The maximum atomic E-state index is 11.4. The average Bonchev–Trinajstić information content (AvgIpc) is 2.41. The van der Waals surface area contributed by atoms with E-state index in [2.05, 4.69) is 31.2 Å². The summed E-state index contributed by atoms with van der Waals surface area (Å²) in [6, 6.07) is 8.85. The quantitative estimate of drug-likeness (QED) is 0.861. The zero-order chi connectivity index (χ0) is 12.8. The number of aliphatic carboxylic acids is 1. The van der Waals surface area contributed by atoms with Gasteiger partial charge in [-0.05, 0) is 56.4 Å². The fourth-order valence-electron chi connectivity index (χ4n) is 3.85. The summed E-state index contributed by atoms with van der Waals surface area (Å²) in [5.41, 5.74) is 2.59. The molecule has 1 aromatic rings. The minimum absolute atomic E-state index is 0.269. The summed E-state index contributed by atoms with van der Waals surface area (Å²) in [5.74, 6) is -0.570. The molecule has 96 valence electrons. The Hall–Kier alpha value is -1.31. The van der Waals surface area contributed by atoms with Crippen LogP contribution in [-0.2, 0) is 10.2 Å². The highest BCUT2D eigenvalue weighted by Gasteiger charge is 2.52. The first-order valence-electron chi connectivity index (χ1n) is 6.87. The van der Waals surface area contributed by atoms with Crippen molar-refractivity contribution in [2.24, 2.45) is 5.41 Å². The number of aryl methyl sites for hydroxylation is 1. The highest BCUT2D eigenvalue weighted by Crippen LogP contribution is 2.57. The number of hydrogen-bond acceptors (Lipinski definition) is 1. The molecule has 3 aliphatic rings. The summed E-state index contributed by atoms with van der Waals surface area (Å²) in [4.78, 5) is 11.4. The Kier molecular flexibility index (Phi) is 2.51. The molecule has 0 radical (unpaired) electrons. The maximum absolute atomic E-state index is 11.4. The molecule has 0 heterocycles. The number of rotatable bonds is 2. The van der Waals surface area contributed by atoms with Crippen LogP contribution in [0.2, 0.25) is 0 Å². The molecular weight excluding hydrogens is 224 g/mol. The van der Waals surface area contributed by atoms with Crippen LogP contribution in [0.3, 0.4) is 0 Å². The molecule has 2 bridgehead atoms. The van der Waals surface area contributed by atoms with Crippen LogP contribution in [0.1, 0.15) is 49.7 Å². The monoisotopic (exact) mass is 244 g/mol. The molecule has 0 amide bonds. The van der Waals surface area contributed by atoms with Gasteiger partial charge in [-0.25, -0.2) is 0 Å². The third-order valence-electron chi connectivity index (χ3n) is 5.36. The number of hydrogen-bond donors (Lipinski definition) is 1. The van der Waals surface area contributed by atoms with E-state index in [1.807, 2.05) is 0 Å². The van der Waals surface area contributed by atoms with Gasteiger partial charge in [-0.2, -0.15) is 0 Å². The minimum atomic E-state index is -0.570. The first-order chi connectivity index (χ1) is 8.56. The third kappa shape index (κ3) is 1.58. The molecule has 0 atom stereocenters. The molecule has 1 N–H and O–H groups in total. The smallest absolute Gasteiger partial charge is 0.309 e. The van der Waals surface area contributed by atoms with E-state index in [4.69, 9.17) is 0 Å². The second kappa shape index (κ2) is 3.84. The second-order valence-electron chi connectivity index (χ2n) is 6.23. The molecule has 4 rings (SSSR count). The third-order valence-corrected chi connectivity index (χ3v) is 5.36. The average molecular weight is 244 g/mol. The van der Waals surface area contributed by atoms with Crippen LogP contribution in [0, 0.1) is 12.3 Å². The molecule has 18 heavy (non-hydrogen) atoms. The van der Waals surface area contributed by atoms with E-state index in [-0.39, 0.29) is 5.41 Å². The molecule has 3 fully saturated rings. The van der Waals surface area contributed by atoms with Gasteiger partial charge in [-0.15, -0.1) is 0 Å². The molecule has 0 aromatic heterocycles. The van der Waals surface area contributed by atoms with Crippen molar-refractivity contribution in [2.45, 2.75) is 50.9 Å². The van der Waals surface area contributed by atoms with E-state index in [9.17, 15) is 9.90 Å². The summed E-state index contributed by atoms with van der Waals surface area (Å²) in [6.07, 6.45) is 5.70. The molecule has 0 unspecified atom stereocenters. The summed E-state index contributed by atoms with van der Waals surface area (Å²) in [7, 11) is 0. The topological polar surface area (TPSA) is 37.3 Å². The number of benzene rings is 1. The van der Waals surface area contributed by atoms with Crippen molar-refractivity contribution in [2.75, 3.05) is 0 Å². The Morgan fingerprint density at radius 3 is 1.94 bits per heavy atom. The van der Waals surface area contributed by atoms with E-state index in [0.717, 1.165) is 38.5 Å². The zero-order valence-corrected chi connectivity index (χ0v) is 10.9. The van der Waals surface area contributed by atoms with Gasteiger partial charge in [0.2, 0.25) is 0 Å². The molecule has 1 aromatic carbocycles. The molecule has 0 aliphatic heterocycles. The first kappa shape index (κ1) is 11.8. The molecule has 0 spiro atoms. The first-order valence-corrected chi connectivity index (χ1v) is 6.87. The maximum Gasteiger partial charge on any atom is 0.309 e. The largest absolute Gasteiger partial charge is 0.481 e. The van der Waals surface area contributed by atoms with Crippen molar-refractivity contribution in [3.63, 3.8) is 0 Å². The van der Waals surface area contributed by atoms with Gasteiger partial charge in [0.05, 0.1) is 5.41 Å². The standard InChI is InChI=1S/C16H20O2/c1-12-2-4-13(5-3-12)15-6-9-16(10-7-15,11-8-15)14(17)18/h2-5H,6-11H2,1H3,(H,17,18). The number of carboxylic acid groups (broad SMARTS) is 1. The van der Waals surface area contributed by atoms with Gasteiger partial charge in [0.15, 0.2) is 0 Å². The van der Waals surface area contributed by atoms with Gasteiger partial charge in [0, 0.05) is 0 Å². The SMILES string of the molecule is Cc1ccc(C23CCC(C(=O)O)(CC2)CC3)cc1. The molecule has 0 saturated heterocycles. The Morgan fingerprint density at radius 2 is 1.50 bits per heavy atom. The number of carbonyl (C=O) groups is 1. The van der Waals surface area contributed by atoms with E-state index >= 15 is 0 Å². The minimum Gasteiger partial charge on any atom is -0.481 e. The van der Waals surface area contributed by atoms with Gasteiger partial charge in [-0.3, -0.25) is 4.79 Å². The molecule has 2 heteroatoms. The van der Waals surface area contributed by atoms with Crippen LogP contribution in [0.15, 0.2) is 24.3 Å². The van der Waals surface area contributed by atoms with Crippen LogP contribution in [0.4, 0.5) is 0 Å². The van der Waals surface area contributed by atoms with Gasteiger partial charge in [-0.1, -0.05) is 29.8 Å². The van der Waals surface area contributed by atoms with Crippen molar-refractivity contribution in [3.8, 4) is 0 Å². The van der Waals surface area contributed by atoms with E-state index in [1.165, 1.54) is 11.1 Å². The van der Waals surface area contributed by atoms with Crippen LogP contribution in [0.5, 0.6) is 0 Å². The van der Waals surface area contributed by atoms with E-state index in [0.29, 0.717) is 0 Å². The van der Waals surface area contributed by atoms with Gasteiger partial charge in [0.25, 0.3) is 0 Å². The second-order valence-corrected chi connectivity index (χ2v) is 6.23. The van der Waals surface area contributed by atoms with Gasteiger partial charge < -0.3 is 5.11 Å². The van der Waals surface area contributed by atoms with Crippen molar-refractivity contribution in [3.05, 3.63) is 35.4 Å². The Labute approximate surface area is 108 Å². The lowest BCUT2D eigenvalue weighted by Gasteiger charge is -2.51. The normalized spacial score (nSPS) is 34.5. The summed E-state index contributed by atoms with van der Waals surface area (Å²) in [6.45, 7) is 2.11. The van der Waals surface area contributed by atoms with Crippen molar-refractivity contribution in [1.82, 2.24) is 0 Å². The summed E-state index contributed by atoms with van der Waals surface area (Å²) in [5, 5.41) is 9.40. The molecule has 2 nitrogen and oxygen atoms in total. The van der Waals surface area contributed by atoms with Gasteiger partial charge >= 0.3 is 5.97 Å².